The number of aromatic nitrogens is 1. The van der Waals surface area contributed by atoms with Gasteiger partial charge in [-0.1, -0.05) is 241 Å². The number of benzene rings is 11. The quantitative estimate of drug-likeness (QED) is 0.176. The summed E-state index contributed by atoms with van der Waals surface area (Å²) in [6.07, 6.45) is 0. The van der Waals surface area contributed by atoms with E-state index in [-0.39, 0.29) is 21.7 Å². The van der Waals surface area contributed by atoms with Gasteiger partial charge in [0.05, 0.1) is 38.9 Å². The summed E-state index contributed by atoms with van der Waals surface area (Å²) in [5, 5.41) is 2.42. The summed E-state index contributed by atoms with van der Waals surface area (Å²) in [4.78, 5) is 2.53. The Morgan fingerprint density at radius 2 is 0.716 bits per heavy atom. The van der Waals surface area contributed by atoms with Crippen LogP contribution in [-0.4, -0.2) is 4.57 Å². The van der Waals surface area contributed by atoms with Gasteiger partial charge in [-0.3, -0.25) is 0 Å². The third-order valence-corrected chi connectivity index (χ3v) is 20.0. The van der Waals surface area contributed by atoms with Crippen LogP contribution >= 0.6 is 0 Å². The Labute approximate surface area is 518 Å². The summed E-state index contributed by atoms with van der Waals surface area (Å²) in [5.74, 6) is 3.43. The normalized spacial score (nSPS) is 14.7. The molecule has 0 bridgehead atoms. The summed E-state index contributed by atoms with van der Waals surface area (Å²) in [7, 11) is 0. The van der Waals surface area contributed by atoms with Gasteiger partial charge in [-0.2, -0.15) is 0 Å². The van der Waals surface area contributed by atoms with E-state index >= 15 is 0 Å². The first-order valence-corrected chi connectivity index (χ1v) is 31.5. The topological polar surface area (TPSA) is 26.6 Å². The van der Waals surface area contributed by atoms with Crippen molar-refractivity contribution in [2.24, 2.45) is 0 Å². The zero-order valence-corrected chi connectivity index (χ0v) is 52.7. The molecule has 3 heterocycles. The highest BCUT2D eigenvalue weighted by Crippen LogP contribution is 2.67. The second kappa shape index (κ2) is 18.6. The summed E-state index contributed by atoms with van der Waals surface area (Å²) < 4.78 is 17.4. The van der Waals surface area contributed by atoms with Gasteiger partial charge < -0.3 is 18.9 Å². The molecule has 11 aromatic carbocycles. The Balaban J connectivity index is 1.04. The van der Waals surface area contributed by atoms with Crippen molar-refractivity contribution in [2.75, 3.05) is 4.90 Å². The van der Waals surface area contributed by atoms with E-state index < -0.39 is 10.8 Å². The van der Waals surface area contributed by atoms with Gasteiger partial charge in [0.15, 0.2) is 5.75 Å². The maximum Gasteiger partial charge on any atom is 0.156 e. The summed E-state index contributed by atoms with van der Waals surface area (Å²) in [5.41, 5.74) is 24.0. The molecule has 2 aliphatic heterocycles. The van der Waals surface area contributed by atoms with Crippen LogP contribution in [0.25, 0.3) is 49.7 Å². The van der Waals surface area contributed by atoms with Crippen LogP contribution in [0.15, 0.2) is 231 Å². The SMILES string of the molecule is CC(C)(C)c1ccc2c(c1)C1(c3cc(C(C)(C)C)ccc3O2)c2ccccc2-c2ccc(N(c3ccccc3-n3c4ccccc4c4ccccc43)c3cccc4c3Oc3ccccc3C43c4cc(C(C)(C)C)ccc4-c4ccc(C(C)(C)C)cc43)cc21. The van der Waals surface area contributed by atoms with Gasteiger partial charge in [-0.15, -0.1) is 0 Å². The smallest absolute Gasteiger partial charge is 0.156 e. The highest BCUT2D eigenvalue weighted by atomic mass is 16.5. The van der Waals surface area contributed by atoms with Gasteiger partial charge in [-0.05, 0) is 161 Å². The van der Waals surface area contributed by atoms with Crippen molar-refractivity contribution < 1.29 is 9.47 Å². The number of ether oxygens (including phenoxy) is 2. The molecule has 2 aliphatic carbocycles. The van der Waals surface area contributed by atoms with E-state index in [1.54, 1.807) is 0 Å². The van der Waals surface area contributed by atoms with Crippen molar-refractivity contribution >= 4 is 38.9 Å². The Morgan fingerprint density at radius 1 is 0.307 bits per heavy atom. The minimum absolute atomic E-state index is 0.108. The maximum absolute atomic E-state index is 7.79. The number of hydrogen-bond acceptors (Lipinski definition) is 3. The molecule has 0 unspecified atom stereocenters. The van der Waals surface area contributed by atoms with Gasteiger partial charge in [0.25, 0.3) is 0 Å². The number of rotatable bonds is 4. The third kappa shape index (κ3) is 7.57. The first-order valence-electron chi connectivity index (χ1n) is 31.5. The van der Waals surface area contributed by atoms with E-state index in [1.165, 1.54) is 77.5 Å². The molecule has 0 saturated heterocycles. The van der Waals surface area contributed by atoms with Crippen molar-refractivity contribution in [1.82, 2.24) is 4.57 Å². The van der Waals surface area contributed by atoms with Crippen LogP contribution in [0.5, 0.6) is 23.0 Å². The van der Waals surface area contributed by atoms with Crippen LogP contribution < -0.4 is 14.4 Å². The lowest BCUT2D eigenvalue weighted by atomic mass is 9.64. The highest BCUT2D eigenvalue weighted by Gasteiger charge is 2.55. The number of para-hydroxylation sites is 6. The molecule has 88 heavy (non-hydrogen) atoms. The fourth-order valence-electron chi connectivity index (χ4n) is 15.5. The first kappa shape index (κ1) is 54.0. The molecule has 0 saturated carbocycles. The van der Waals surface area contributed by atoms with Crippen LogP contribution in [0.1, 0.15) is 150 Å². The highest BCUT2D eigenvalue weighted by molar-refractivity contribution is 6.10. The molecule has 0 fully saturated rings. The Morgan fingerprint density at radius 3 is 1.30 bits per heavy atom. The van der Waals surface area contributed by atoms with E-state index in [4.69, 9.17) is 9.47 Å². The molecule has 4 nitrogen and oxygen atoms in total. The van der Waals surface area contributed by atoms with Crippen LogP contribution in [-0.2, 0) is 32.5 Å². The second-order valence-corrected chi connectivity index (χ2v) is 29.3. The Bertz CT molecular complexity index is 4740. The van der Waals surface area contributed by atoms with Gasteiger partial charge in [0.1, 0.15) is 17.2 Å². The first-order chi connectivity index (χ1) is 42.2. The molecule has 0 atom stereocenters. The van der Waals surface area contributed by atoms with Crippen LogP contribution in [0.2, 0.25) is 0 Å². The average Bonchev–Trinajstić information content (AvgIpc) is 1.59. The molecular weight excluding hydrogens is 1070 g/mol. The van der Waals surface area contributed by atoms with E-state index in [0.29, 0.717) is 0 Å². The third-order valence-electron chi connectivity index (χ3n) is 20.0. The standard InChI is InChI=1S/C84H74N2O2/c1-79(2,3)51-36-41-57-58-42-37-52(80(4,5)6)47-66(58)84(65(57)46-51)63-28-17-22-35-75(63)88-78-64(84)29-23-34-74(78)85(72-32-20-21-33-73(72)86-70-30-18-14-25-60(70)61-26-15-19-31-71(61)86)55-40-43-59-56-24-13-16-27-62(56)83(67(59)50-55)68-48-53(81(7,8)9)38-44-76(68)87-77-45-39-54(49-69(77)83)82(10,11)12/h13-50H,1-12H3. The molecular formula is C84H74N2O2. The molecule has 12 aromatic rings. The lowest BCUT2D eigenvalue weighted by molar-refractivity contribution is 0.433. The summed E-state index contributed by atoms with van der Waals surface area (Å²) >= 11 is 0. The lowest BCUT2D eigenvalue weighted by Gasteiger charge is -2.42. The number of anilines is 3. The molecule has 4 heteroatoms. The van der Waals surface area contributed by atoms with Crippen molar-refractivity contribution in [1.29, 1.82) is 0 Å². The minimum atomic E-state index is -0.770. The van der Waals surface area contributed by atoms with E-state index in [0.717, 1.165) is 79.0 Å². The van der Waals surface area contributed by atoms with Gasteiger partial charge in [0, 0.05) is 38.7 Å². The van der Waals surface area contributed by atoms with E-state index in [1.807, 2.05) is 0 Å². The van der Waals surface area contributed by atoms with E-state index in [9.17, 15) is 0 Å². The van der Waals surface area contributed by atoms with Crippen LogP contribution in [0.3, 0.4) is 0 Å². The van der Waals surface area contributed by atoms with Gasteiger partial charge in [-0.25, -0.2) is 0 Å². The number of fused-ring (bicyclic) bond motifs is 21. The van der Waals surface area contributed by atoms with Crippen LogP contribution in [0.4, 0.5) is 17.1 Å². The Hall–Kier alpha value is -9.38. The maximum atomic E-state index is 7.79. The zero-order chi connectivity index (χ0) is 60.6. The van der Waals surface area contributed by atoms with E-state index in [2.05, 4.69) is 323 Å². The molecule has 0 amide bonds. The number of nitrogens with zero attached hydrogens (tertiary/aromatic N) is 2. The van der Waals surface area contributed by atoms with Crippen LogP contribution in [0, 0.1) is 0 Å². The molecule has 0 N–H and O–H groups in total. The summed E-state index contributed by atoms with van der Waals surface area (Å²) in [6.45, 7) is 27.9. The van der Waals surface area contributed by atoms with Crippen molar-refractivity contribution in [3.05, 3.63) is 297 Å². The average molecular weight is 1140 g/mol. The van der Waals surface area contributed by atoms with Crippen molar-refractivity contribution in [3.63, 3.8) is 0 Å². The molecule has 16 rings (SSSR count). The van der Waals surface area contributed by atoms with Gasteiger partial charge >= 0.3 is 0 Å². The fourth-order valence-corrected chi connectivity index (χ4v) is 15.5. The minimum Gasteiger partial charge on any atom is -0.457 e. The lowest BCUT2D eigenvalue weighted by Crippen LogP contribution is -2.34. The monoisotopic (exact) mass is 1140 g/mol. The summed E-state index contributed by atoms with van der Waals surface area (Å²) in [6, 6.07) is 87.5. The second-order valence-electron chi connectivity index (χ2n) is 29.3. The van der Waals surface area contributed by atoms with Crippen molar-refractivity contribution in [2.45, 2.75) is 116 Å². The van der Waals surface area contributed by atoms with Crippen molar-refractivity contribution in [3.8, 4) is 50.9 Å². The fraction of sp³-hybridized carbons (Fsp3) is 0.214. The molecule has 2 spiro atoms. The Kier molecular flexibility index (Phi) is 11.4. The number of hydrogen-bond donors (Lipinski definition) is 0. The largest absolute Gasteiger partial charge is 0.457 e. The molecule has 0 radical (unpaired) electrons. The molecule has 1 aromatic heterocycles. The zero-order valence-electron chi connectivity index (χ0n) is 52.7. The molecule has 4 aliphatic rings. The molecule has 432 valence electrons. The van der Waals surface area contributed by atoms with Gasteiger partial charge in [0.2, 0.25) is 0 Å². The predicted octanol–water partition coefficient (Wildman–Crippen LogP) is 22.4. The predicted molar refractivity (Wildman–Crippen MR) is 365 cm³/mol.